The first kappa shape index (κ1) is 12.6. The first-order valence-corrected chi connectivity index (χ1v) is 6.59. The molecule has 2 fully saturated rings. The second kappa shape index (κ2) is 5.69. The van der Waals surface area contributed by atoms with Gasteiger partial charge in [0, 0.05) is 45.3 Å². The van der Waals surface area contributed by atoms with Crippen molar-refractivity contribution in [2.24, 2.45) is 5.92 Å². The molecule has 0 saturated carbocycles. The fourth-order valence-electron chi connectivity index (χ4n) is 2.79. The highest BCUT2D eigenvalue weighted by atomic mass is 16.4. The first-order chi connectivity index (χ1) is 8.16. The number of hydrogen-bond donors (Lipinski definition) is 2. The predicted molar refractivity (Wildman–Crippen MR) is 66.2 cm³/mol. The van der Waals surface area contributed by atoms with E-state index in [1.807, 2.05) is 0 Å². The molecule has 0 aliphatic carbocycles. The Morgan fingerprint density at radius 2 is 2.06 bits per heavy atom. The lowest BCUT2D eigenvalue weighted by Gasteiger charge is -2.38. The molecule has 2 heterocycles. The van der Waals surface area contributed by atoms with Crippen molar-refractivity contribution in [1.82, 2.24) is 15.1 Å². The number of nitrogens with zero attached hydrogens (tertiary/aromatic N) is 2. The Bertz CT molecular complexity index is 264. The van der Waals surface area contributed by atoms with Crippen LogP contribution in [0.25, 0.3) is 0 Å². The van der Waals surface area contributed by atoms with Gasteiger partial charge in [-0.05, 0) is 25.7 Å². The molecule has 5 nitrogen and oxygen atoms in total. The maximum Gasteiger partial charge on any atom is 0.407 e. The maximum atomic E-state index is 10.8. The Hall–Kier alpha value is -0.810. The molecule has 2 aliphatic heterocycles. The average molecular weight is 241 g/mol. The topological polar surface area (TPSA) is 55.8 Å². The summed E-state index contributed by atoms with van der Waals surface area (Å²) in [5.41, 5.74) is 0. The Balaban J connectivity index is 1.75. The van der Waals surface area contributed by atoms with Crippen molar-refractivity contribution >= 4 is 6.09 Å². The number of carbonyl (C=O) groups is 1. The van der Waals surface area contributed by atoms with Crippen LogP contribution in [0.15, 0.2) is 0 Å². The van der Waals surface area contributed by atoms with Gasteiger partial charge in [0.1, 0.15) is 0 Å². The summed E-state index contributed by atoms with van der Waals surface area (Å²) in [5, 5.41) is 12.3. The Morgan fingerprint density at radius 1 is 1.35 bits per heavy atom. The van der Waals surface area contributed by atoms with Crippen molar-refractivity contribution in [1.29, 1.82) is 0 Å². The fourth-order valence-corrected chi connectivity index (χ4v) is 2.79. The SMILES string of the molecule is C[C@H]1CNCCN1CC1CCN(C(=O)O)CC1. The van der Waals surface area contributed by atoms with E-state index in [1.165, 1.54) is 4.90 Å². The fraction of sp³-hybridized carbons (Fsp3) is 0.917. The Kier molecular flexibility index (Phi) is 4.23. The number of carboxylic acid groups (broad SMARTS) is 1. The van der Waals surface area contributed by atoms with Gasteiger partial charge in [0.05, 0.1) is 0 Å². The summed E-state index contributed by atoms with van der Waals surface area (Å²) in [4.78, 5) is 14.9. The van der Waals surface area contributed by atoms with Crippen LogP contribution in [-0.2, 0) is 0 Å². The third-order valence-electron chi connectivity index (χ3n) is 4.02. The molecular weight excluding hydrogens is 218 g/mol. The highest BCUT2D eigenvalue weighted by Gasteiger charge is 2.26. The molecule has 0 bridgehead atoms. The van der Waals surface area contributed by atoms with Gasteiger partial charge in [-0.2, -0.15) is 0 Å². The molecule has 0 unspecified atom stereocenters. The number of amides is 1. The molecule has 2 saturated heterocycles. The molecule has 2 rings (SSSR count). The van der Waals surface area contributed by atoms with Gasteiger partial charge in [0.2, 0.25) is 0 Å². The summed E-state index contributed by atoms with van der Waals surface area (Å²) < 4.78 is 0. The molecule has 5 heteroatoms. The van der Waals surface area contributed by atoms with Crippen LogP contribution in [-0.4, -0.2) is 66.3 Å². The van der Waals surface area contributed by atoms with Gasteiger partial charge in [0.25, 0.3) is 0 Å². The molecule has 0 aromatic carbocycles. The molecule has 0 radical (unpaired) electrons. The minimum Gasteiger partial charge on any atom is -0.465 e. The van der Waals surface area contributed by atoms with E-state index in [0.29, 0.717) is 25.0 Å². The summed E-state index contributed by atoms with van der Waals surface area (Å²) in [5.74, 6) is 0.672. The third kappa shape index (κ3) is 3.33. The van der Waals surface area contributed by atoms with Crippen molar-refractivity contribution in [2.45, 2.75) is 25.8 Å². The number of nitrogens with one attached hydrogen (secondary N) is 1. The van der Waals surface area contributed by atoms with Crippen molar-refractivity contribution in [3.63, 3.8) is 0 Å². The quantitative estimate of drug-likeness (QED) is 0.746. The van der Waals surface area contributed by atoms with Crippen molar-refractivity contribution in [2.75, 3.05) is 39.3 Å². The molecule has 1 amide bonds. The highest BCUT2D eigenvalue weighted by Crippen LogP contribution is 2.19. The van der Waals surface area contributed by atoms with Crippen LogP contribution in [0.4, 0.5) is 4.79 Å². The van der Waals surface area contributed by atoms with E-state index in [2.05, 4.69) is 17.1 Å². The van der Waals surface area contributed by atoms with E-state index in [9.17, 15) is 4.79 Å². The standard InChI is InChI=1S/C12H23N3O2/c1-10-8-13-4-7-15(10)9-11-2-5-14(6-3-11)12(16)17/h10-11,13H,2-9H2,1H3,(H,16,17)/t10-/m0/s1. The van der Waals surface area contributed by atoms with Gasteiger partial charge >= 0.3 is 6.09 Å². The van der Waals surface area contributed by atoms with Gasteiger partial charge in [-0.15, -0.1) is 0 Å². The summed E-state index contributed by atoms with van der Waals surface area (Å²) in [6.45, 7) is 8.10. The van der Waals surface area contributed by atoms with E-state index in [-0.39, 0.29) is 0 Å². The van der Waals surface area contributed by atoms with Crippen LogP contribution in [0.2, 0.25) is 0 Å². The summed E-state index contributed by atoms with van der Waals surface area (Å²) in [7, 11) is 0. The van der Waals surface area contributed by atoms with E-state index in [4.69, 9.17) is 5.11 Å². The second-order valence-electron chi connectivity index (χ2n) is 5.26. The van der Waals surface area contributed by atoms with Gasteiger partial charge in [-0.25, -0.2) is 4.79 Å². The number of hydrogen-bond acceptors (Lipinski definition) is 3. The van der Waals surface area contributed by atoms with Crippen LogP contribution in [0, 0.1) is 5.92 Å². The molecule has 0 aromatic rings. The van der Waals surface area contributed by atoms with E-state index >= 15 is 0 Å². The minimum absolute atomic E-state index is 0.612. The average Bonchev–Trinajstić information content (AvgIpc) is 2.33. The lowest BCUT2D eigenvalue weighted by molar-refractivity contribution is 0.0974. The van der Waals surface area contributed by atoms with E-state index < -0.39 is 6.09 Å². The zero-order valence-corrected chi connectivity index (χ0v) is 10.6. The zero-order valence-electron chi connectivity index (χ0n) is 10.6. The number of piperazine rings is 1. The van der Waals surface area contributed by atoms with Gasteiger partial charge in [0.15, 0.2) is 0 Å². The molecule has 0 spiro atoms. The monoisotopic (exact) mass is 241 g/mol. The van der Waals surface area contributed by atoms with Crippen molar-refractivity contribution < 1.29 is 9.90 Å². The van der Waals surface area contributed by atoms with Crippen LogP contribution >= 0.6 is 0 Å². The molecule has 0 aromatic heterocycles. The van der Waals surface area contributed by atoms with Crippen molar-refractivity contribution in [3.05, 3.63) is 0 Å². The normalized spacial score (nSPS) is 28.3. The van der Waals surface area contributed by atoms with E-state index in [0.717, 1.165) is 39.0 Å². The predicted octanol–water partition coefficient (Wildman–Crippen LogP) is 0.670. The van der Waals surface area contributed by atoms with E-state index in [1.54, 1.807) is 0 Å². The minimum atomic E-state index is -0.765. The molecule has 2 N–H and O–H groups in total. The molecule has 2 aliphatic rings. The largest absolute Gasteiger partial charge is 0.465 e. The maximum absolute atomic E-state index is 10.8. The first-order valence-electron chi connectivity index (χ1n) is 6.59. The van der Waals surface area contributed by atoms with Gasteiger partial charge < -0.3 is 15.3 Å². The third-order valence-corrected chi connectivity index (χ3v) is 4.02. The summed E-state index contributed by atoms with van der Waals surface area (Å²) >= 11 is 0. The summed E-state index contributed by atoms with van der Waals surface area (Å²) in [6.07, 6.45) is 1.27. The lowest BCUT2D eigenvalue weighted by atomic mass is 9.95. The molecule has 98 valence electrons. The Labute approximate surface area is 103 Å². The molecular formula is C12H23N3O2. The van der Waals surface area contributed by atoms with Gasteiger partial charge in [-0.1, -0.05) is 0 Å². The molecule has 17 heavy (non-hydrogen) atoms. The van der Waals surface area contributed by atoms with Crippen LogP contribution in [0.3, 0.4) is 0 Å². The van der Waals surface area contributed by atoms with Gasteiger partial charge in [-0.3, -0.25) is 4.90 Å². The van der Waals surface area contributed by atoms with Crippen molar-refractivity contribution in [3.8, 4) is 0 Å². The summed E-state index contributed by atoms with van der Waals surface area (Å²) in [6, 6.07) is 0.612. The number of rotatable bonds is 2. The lowest BCUT2D eigenvalue weighted by Crippen LogP contribution is -2.52. The smallest absolute Gasteiger partial charge is 0.407 e. The second-order valence-corrected chi connectivity index (χ2v) is 5.26. The highest BCUT2D eigenvalue weighted by molar-refractivity contribution is 5.64. The number of likely N-dealkylation sites (tertiary alicyclic amines) is 1. The van der Waals surface area contributed by atoms with Crippen LogP contribution in [0.5, 0.6) is 0 Å². The molecule has 1 atom stereocenters. The zero-order chi connectivity index (χ0) is 12.3. The van der Waals surface area contributed by atoms with Crippen LogP contribution in [0.1, 0.15) is 19.8 Å². The van der Waals surface area contributed by atoms with Crippen LogP contribution < -0.4 is 5.32 Å². The number of piperidine rings is 1. The Morgan fingerprint density at radius 3 is 2.65 bits per heavy atom.